The highest BCUT2D eigenvalue weighted by Gasteiger charge is 2.12. The molecule has 0 amide bonds. The van der Waals surface area contributed by atoms with Crippen LogP contribution in [0, 0.1) is 0 Å². The van der Waals surface area contributed by atoms with Crippen molar-refractivity contribution in [1.29, 1.82) is 0 Å². The summed E-state index contributed by atoms with van der Waals surface area (Å²) in [5, 5.41) is 0.630. The summed E-state index contributed by atoms with van der Waals surface area (Å²) in [7, 11) is 0. The van der Waals surface area contributed by atoms with Crippen molar-refractivity contribution < 1.29 is 9.47 Å². The molecule has 0 spiro atoms. The van der Waals surface area contributed by atoms with E-state index in [1.807, 2.05) is 91.0 Å². The number of pyridine rings is 1. The molecule has 0 saturated heterocycles. The second-order valence-electron chi connectivity index (χ2n) is 6.68. The Balaban J connectivity index is 1.61. The number of rotatable bonds is 7. The van der Waals surface area contributed by atoms with Gasteiger partial charge in [-0.05, 0) is 50.8 Å². The quantitative estimate of drug-likeness (QED) is 0.278. The number of aromatic nitrogens is 1. The maximum Gasteiger partial charge on any atom is 0.225 e. The summed E-state index contributed by atoms with van der Waals surface area (Å²) in [6, 6.07) is 29.6. The summed E-state index contributed by atoms with van der Waals surface area (Å²) in [6.45, 7) is 0.850. The fourth-order valence-corrected chi connectivity index (χ4v) is 3.38. The van der Waals surface area contributed by atoms with Crippen LogP contribution in [0.4, 0.5) is 0 Å². The van der Waals surface area contributed by atoms with Crippen LogP contribution in [0.1, 0.15) is 11.1 Å². The van der Waals surface area contributed by atoms with Crippen molar-refractivity contribution in [2.45, 2.75) is 13.2 Å². The maximum absolute atomic E-state index is 6.31. The smallest absolute Gasteiger partial charge is 0.225 e. The van der Waals surface area contributed by atoms with Gasteiger partial charge in [0.1, 0.15) is 13.2 Å². The van der Waals surface area contributed by atoms with Crippen LogP contribution in [0.5, 0.6) is 11.8 Å². The lowest BCUT2D eigenvalue weighted by Crippen LogP contribution is -2.02. The molecule has 0 aliphatic carbocycles. The molecule has 1 aromatic heterocycles. The van der Waals surface area contributed by atoms with Crippen molar-refractivity contribution in [3.05, 3.63) is 112 Å². The van der Waals surface area contributed by atoms with Crippen LogP contribution in [-0.2, 0) is 13.2 Å². The molecule has 0 aliphatic rings. The van der Waals surface area contributed by atoms with E-state index in [9.17, 15) is 0 Å². The van der Waals surface area contributed by atoms with E-state index in [1.54, 1.807) is 0 Å². The van der Waals surface area contributed by atoms with Crippen molar-refractivity contribution in [2.24, 2.45) is 0 Å². The van der Waals surface area contributed by atoms with Gasteiger partial charge < -0.3 is 9.47 Å². The molecule has 1 heterocycles. The number of nitrogens with zero attached hydrogens (tertiary/aromatic N) is 1. The van der Waals surface area contributed by atoms with Gasteiger partial charge in [0.05, 0.1) is 5.02 Å². The molecule has 0 bridgehead atoms. The number of ether oxygens (including phenoxy) is 2. The molecule has 0 radical (unpaired) electrons. The van der Waals surface area contributed by atoms with Crippen LogP contribution in [0.25, 0.3) is 11.1 Å². The summed E-state index contributed by atoms with van der Waals surface area (Å²) in [5.41, 5.74) is 3.92. The number of benzene rings is 3. The first-order valence-corrected chi connectivity index (χ1v) is 10.7. The van der Waals surface area contributed by atoms with Gasteiger partial charge in [-0.15, -0.1) is 0 Å². The van der Waals surface area contributed by atoms with E-state index in [-0.39, 0.29) is 0 Å². The highest BCUT2D eigenvalue weighted by Crippen LogP contribution is 2.35. The molecular weight excluding hydrogens is 462 g/mol. The third kappa shape index (κ3) is 5.21. The average molecular weight is 481 g/mol. The fourth-order valence-electron chi connectivity index (χ4n) is 2.95. The Morgan fingerprint density at radius 3 is 2.00 bits per heavy atom. The zero-order valence-electron chi connectivity index (χ0n) is 16.1. The van der Waals surface area contributed by atoms with E-state index in [0.717, 1.165) is 26.7 Å². The lowest BCUT2D eigenvalue weighted by molar-refractivity contribution is 0.268. The summed E-state index contributed by atoms with van der Waals surface area (Å²) >= 11 is 9.74. The van der Waals surface area contributed by atoms with E-state index in [1.165, 1.54) is 0 Å². The first-order chi connectivity index (χ1) is 14.7. The van der Waals surface area contributed by atoms with Gasteiger partial charge in [0.15, 0.2) is 0 Å². The molecule has 5 heteroatoms. The van der Waals surface area contributed by atoms with Gasteiger partial charge in [-0.2, -0.15) is 4.98 Å². The van der Waals surface area contributed by atoms with Gasteiger partial charge >= 0.3 is 0 Å². The molecule has 150 valence electrons. The molecule has 0 saturated carbocycles. The fraction of sp³-hybridized carbons (Fsp3) is 0.0800. The summed E-state index contributed by atoms with van der Waals surface area (Å²) in [6.07, 6.45) is 0. The molecule has 4 rings (SSSR count). The zero-order valence-corrected chi connectivity index (χ0v) is 18.4. The molecule has 30 heavy (non-hydrogen) atoms. The minimum atomic E-state index is 0.410. The van der Waals surface area contributed by atoms with Crippen molar-refractivity contribution in [3.63, 3.8) is 0 Å². The highest BCUT2D eigenvalue weighted by molar-refractivity contribution is 9.10. The average Bonchev–Trinajstić information content (AvgIpc) is 2.79. The molecule has 4 aromatic rings. The Hall–Kier alpha value is -2.82. The minimum Gasteiger partial charge on any atom is -0.473 e. The lowest BCUT2D eigenvalue weighted by Gasteiger charge is -2.14. The van der Waals surface area contributed by atoms with Crippen LogP contribution < -0.4 is 9.47 Å². The van der Waals surface area contributed by atoms with Crippen LogP contribution in [-0.4, -0.2) is 4.98 Å². The second kappa shape index (κ2) is 9.79. The Bertz CT molecular complexity index is 1120. The Morgan fingerprint density at radius 2 is 1.37 bits per heavy atom. The first kappa shape index (κ1) is 20.5. The Morgan fingerprint density at radius 1 is 0.733 bits per heavy atom. The molecule has 0 unspecified atom stereocenters. The molecule has 3 nitrogen and oxygen atoms in total. The highest BCUT2D eigenvalue weighted by atomic mass is 79.9. The van der Waals surface area contributed by atoms with E-state index in [0.29, 0.717) is 30.0 Å². The van der Waals surface area contributed by atoms with Crippen molar-refractivity contribution in [1.82, 2.24) is 4.98 Å². The molecule has 0 aliphatic heterocycles. The van der Waals surface area contributed by atoms with Crippen molar-refractivity contribution in [3.8, 4) is 22.9 Å². The van der Waals surface area contributed by atoms with E-state index < -0.39 is 0 Å². The molecule has 3 aromatic carbocycles. The topological polar surface area (TPSA) is 31.4 Å². The standard InChI is InChI=1S/C25H19BrClNO2/c26-22-13-11-20(15-23(22)27)21-12-14-24(29-16-18-7-3-1-4-8-18)28-25(21)30-17-19-9-5-2-6-10-19/h1-15H,16-17H2. The summed E-state index contributed by atoms with van der Waals surface area (Å²) in [5.74, 6) is 1.01. The minimum absolute atomic E-state index is 0.410. The first-order valence-electron chi connectivity index (χ1n) is 9.49. The zero-order chi connectivity index (χ0) is 20.8. The van der Waals surface area contributed by atoms with Gasteiger partial charge in [-0.3, -0.25) is 0 Å². The maximum atomic E-state index is 6.31. The van der Waals surface area contributed by atoms with Crippen LogP contribution >= 0.6 is 27.5 Å². The summed E-state index contributed by atoms with van der Waals surface area (Å²) in [4.78, 5) is 4.63. The van der Waals surface area contributed by atoms with Gasteiger partial charge in [0.25, 0.3) is 0 Å². The van der Waals surface area contributed by atoms with Crippen LogP contribution in [0.15, 0.2) is 95.5 Å². The number of halogens is 2. The SMILES string of the molecule is Clc1cc(-c2ccc(OCc3ccccc3)nc2OCc2ccccc2)ccc1Br. The Kier molecular flexibility index (Phi) is 6.67. The van der Waals surface area contributed by atoms with Crippen molar-refractivity contribution >= 4 is 27.5 Å². The van der Waals surface area contributed by atoms with Gasteiger partial charge in [0, 0.05) is 16.1 Å². The predicted octanol–water partition coefficient (Wildman–Crippen LogP) is 7.32. The van der Waals surface area contributed by atoms with Crippen LogP contribution in [0.3, 0.4) is 0 Å². The van der Waals surface area contributed by atoms with Gasteiger partial charge in [-0.25, -0.2) is 0 Å². The van der Waals surface area contributed by atoms with Crippen LogP contribution in [0.2, 0.25) is 5.02 Å². The predicted molar refractivity (Wildman–Crippen MR) is 124 cm³/mol. The second-order valence-corrected chi connectivity index (χ2v) is 7.94. The van der Waals surface area contributed by atoms with Gasteiger partial charge in [0.2, 0.25) is 11.8 Å². The third-order valence-corrected chi connectivity index (χ3v) is 5.75. The van der Waals surface area contributed by atoms with Gasteiger partial charge in [-0.1, -0.05) is 78.3 Å². The molecule has 0 atom stereocenters. The van der Waals surface area contributed by atoms with E-state index in [4.69, 9.17) is 21.1 Å². The molecule has 0 fully saturated rings. The van der Waals surface area contributed by atoms with E-state index in [2.05, 4.69) is 20.9 Å². The largest absolute Gasteiger partial charge is 0.473 e. The van der Waals surface area contributed by atoms with Crippen molar-refractivity contribution in [2.75, 3.05) is 0 Å². The number of hydrogen-bond acceptors (Lipinski definition) is 3. The monoisotopic (exact) mass is 479 g/mol. The summed E-state index contributed by atoms with van der Waals surface area (Å²) < 4.78 is 12.8. The molecular formula is C25H19BrClNO2. The Labute approximate surface area is 189 Å². The third-order valence-electron chi connectivity index (χ3n) is 4.51. The van der Waals surface area contributed by atoms with E-state index >= 15 is 0 Å². The molecule has 0 N–H and O–H groups in total. The number of hydrogen-bond donors (Lipinski definition) is 0. The lowest BCUT2D eigenvalue weighted by atomic mass is 10.1. The normalized spacial score (nSPS) is 10.6.